The van der Waals surface area contributed by atoms with Crippen LogP contribution in [0.1, 0.15) is 38.2 Å². The zero-order valence-electron chi connectivity index (χ0n) is 14.1. The average Bonchev–Trinajstić information content (AvgIpc) is 3.17. The maximum absolute atomic E-state index is 12.5. The van der Waals surface area contributed by atoms with Gasteiger partial charge in [0.25, 0.3) is 0 Å². The summed E-state index contributed by atoms with van der Waals surface area (Å²) < 4.78 is 5.64. The summed E-state index contributed by atoms with van der Waals surface area (Å²) in [5.74, 6) is 1.08. The molecule has 2 saturated heterocycles. The first-order valence-electron chi connectivity index (χ1n) is 8.70. The molecule has 0 unspecified atom stereocenters. The van der Waals surface area contributed by atoms with Crippen molar-refractivity contribution in [1.82, 2.24) is 10.3 Å². The number of nitrogens with one attached hydrogen (secondary N) is 1. The second-order valence-corrected chi connectivity index (χ2v) is 6.63. The molecule has 3 rings (SSSR count). The number of nitrogens with zero attached hydrogens (tertiary/aromatic N) is 3. The molecule has 0 aromatic carbocycles. The van der Waals surface area contributed by atoms with Gasteiger partial charge in [-0.1, -0.05) is 0 Å². The van der Waals surface area contributed by atoms with E-state index in [1.54, 1.807) is 12.3 Å². The van der Waals surface area contributed by atoms with E-state index in [1.165, 1.54) is 0 Å². The molecule has 1 amide bonds. The van der Waals surface area contributed by atoms with Gasteiger partial charge in [0.15, 0.2) is 0 Å². The Morgan fingerprint density at radius 2 is 2.21 bits per heavy atom. The smallest absolute Gasteiger partial charge is 0.223 e. The Morgan fingerprint density at radius 1 is 1.42 bits per heavy atom. The Bertz CT molecular complexity index is 596. The van der Waals surface area contributed by atoms with Crippen LogP contribution in [0.3, 0.4) is 0 Å². The van der Waals surface area contributed by atoms with Gasteiger partial charge in [0.05, 0.1) is 17.7 Å². The summed E-state index contributed by atoms with van der Waals surface area (Å²) in [6, 6.07) is 5.81. The van der Waals surface area contributed by atoms with Gasteiger partial charge in [0.1, 0.15) is 11.9 Å². The van der Waals surface area contributed by atoms with Crippen molar-refractivity contribution in [2.24, 2.45) is 5.92 Å². The Labute approximate surface area is 142 Å². The zero-order chi connectivity index (χ0) is 16.9. The van der Waals surface area contributed by atoms with Crippen LogP contribution in [-0.4, -0.2) is 42.7 Å². The molecule has 2 fully saturated rings. The van der Waals surface area contributed by atoms with Crippen molar-refractivity contribution >= 4 is 11.7 Å². The summed E-state index contributed by atoms with van der Waals surface area (Å²) >= 11 is 0. The van der Waals surface area contributed by atoms with Crippen LogP contribution >= 0.6 is 0 Å². The van der Waals surface area contributed by atoms with Crippen molar-refractivity contribution < 1.29 is 9.53 Å². The summed E-state index contributed by atoms with van der Waals surface area (Å²) in [6.07, 6.45) is 5.52. The molecule has 2 aliphatic heterocycles. The van der Waals surface area contributed by atoms with Crippen molar-refractivity contribution in [3.05, 3.63) is 23.9 Å². The van der Waals surface area contributed by atoms with Crippen LogP contribution < -0.4 is 10.2 Å². The molecule has 0 aliphatic carbocycles. The lowest BCUT2D eigenvalue weighted by molar-refractivity contribution is -0.127. The number of rotatable bonds is 4. The molecule has 0 saturated carbocycles. The van der Waals surface area contributed by atoms with E-state index in [9.17, 15) is 4.79 Å². The molecule has 24 heavy (non-hydrogen) atoms. The molecule has 1 aromatic heterocycles. The van der Waals surface area contributed by atoms with Crippen LogP contribution in [0.25, 0.3) is 0 Å². The van der Waals surface area contributed by atoms with Gasteiger partial charge in [-0.2, -0.15) is 5.26 Å². The quantitative estimate of drug-likeness (QED) is 0.912. The van der Waals surface area contributed by atoms with E-state index in [4.69, 9.17) is 10.00 Å². The minimum absolute atomic E-state index is 0.0588. The Morgan fingerprint density at radius 3 is 2.79 bits per heavy atom. The Balaban J connectivity index is 1.48. The number of hydrogen-bond acceptors (Lipinski definition) is 5. The summed E-state index contributed by atoms with van der Waals surface area (Å²) in [5, 5.41) is 12.0. The van der Waals surface area contributed by atoms with Crippen LogP contribution in [0.4, 0.5) is 5.82 Å². The molecule has 6 nitrogen and oxygen atoms in total. The van der Waals surface area contributed by atoms with Gasteiger partial charge in [-0.3, -0.25) is 4.79 Å². The van der Waals surface area contributed by atoms with E-state index in [0.29, 0.717) is 5.56 Å². The first-order chi connectivity index (χ1) is 11.7. The number of aromatic nitrogens is 1. The van der Waals surface area contributed by atoms with Crippen LogP contribution in [0.2, 0.25) is 0 Å². The standard InChI is InChI=1S/C18H24N4O2/c1-13(16-3-2-10-24-16)21-18(23)15-6-8-22(9-7-15)17-5-4-14(11-19)12-20-17/h4-5,12-13,15-16H,2-3,6-10H2,1H3,(H,21,23)/t13-,16-/m1/s1. The second kappa shape index (κ2) is 7.63. The molecule has 6 heteroatoms. The van der Waals surface area contributed by atoms with E-state index >= 15 is 0 Å². The third kappa shape index (κ3) is 3.85. The molecule has 1 aromatic rings. The van der Waals surface area contributed by atoms with E-state index in [2.05, 4.69) is 21.3 Å². The van der Waals surface area contributed by atoms with E-state index in [0.717, 1.165) is 51.2 Å². The number of ether oxygens (including phenoxy) is 1. The summed E-state index contributed by atoms with van der Waals surface area (Å²) in [6.45, 7) is 4.46. The first-order valence-corrected chi connectivity index (χ1v) is 8.70. The number of amides is 1. The third-order valence-electron chi connectivity index (χ3n) is 4.96. The van der Waals surface area contributed by atoms with Gasteiger partial charge >= 0.3 is 0 Å². The normalized spacial score (nSPS) is 22.8. The molecule has 0 spiro atoms. The minimum atomic E-state index is 0.0588. The second-order valence-electron chi connectivity index (χ2n) is 6.63. The van der Waals surface area contributed by atoms with Gasteiger partial charge < -0.3 is 15.0 Å². The van der Waals surface area contributed by atoms with Gasteiger partial charge in [-0.25, -0.2) is 4.98 Å². The minimum Gasteiger partial charge on any atom is -0.376 e. The van der Waals surface area contributed by atoms with Crippen molar-refractivity contribution in [3.8, 4) is 6.07 Å². The molecule has 3 heterocycles. The van der Waals surface area contributed by atoms with E-state index < -0.39 is 0 Å². The topological polar surface area (TPSA) is 78.3 Å². The number of pyridine rings is 1. The van der Waals surface area contributed by atoms with Crippen LogP contribution in [0, 0.1) is 17.2 Å². The number of anilines is 1. The molecule has 128 valence electrons. The van der Waals surface area contributed by atoms with Crippen molar-refractivity contribution in [1.29, 1.82) is 5.26 Å². The highest BCUT2D eigenvalue weighted by Crippen LogP contribution is 2.23. The molecular formula is C18H24N4O2. The molecule has 0 radical (unpaired) electrons. The number of hydrogen-bond donors (Lipinski definition) is 1. The number of nitriles is 1. The Kier molecular flexibility index (Phi) is 5.31. The fourth-order valence-corrected chi connectivity index (χ4v) is 3.44. The maximum atomic E-state index is 12.5. The molecule has 1 N–H and O–H groups in total. The van der Waals surface area contributed by atoms with Crippen molar-refractivity contribution in [3.63, 3.8) is 0 Å². The monoisotopic (exact) mass is 328 g/mol. The van der Waals surface area contributed by atoms with Gasteiger partial charge in [0.2, 0.25) is 5.91 Å². The SMILES string of the molecule is C[C@@H](NC(=O)C1CCN(c2ccc(C#N)cn2)CC1)[C@H]1CCCO1. The third-order valence-corrected chi connectivity index (χ3v) is 4.96. The highest BCUT2D eigenvalue weighted by atomic mass is 16.5. The van der Waals surface area contributed by atoms with E-state index in [-0.39, 0.29) is 24.0 Å². The van der Waals surface area contributed by atoms with Gasteiger partial charge in [-0.05, 0) is 44.7 Å². The number of carbonyl (C=O) groups is 1. The van der Waals surface area contributed by atoms with Gasteiger partial charge in [-0.15, -0.1) is 0 Å². The lowest BCUT2D eigenvalue weighted by atomic mass is 9.95. The largest absolute Gasteiger partial charge is 0.376 e. The van der Waals surface area contributed by atoms with Crippen molar-refractivity contribution in [2.75, 3.05) is 24.6 Å². The predicted molar refractivity (Wildman–Crippen MR) is 90.5 cm³/mol. The maximum Gasteiger partial charge on any atom is 0.223 e. The van der Waals surface area contributed by atoms with Crippen LogP contribution in [-0.2, 0) is 9.53 Å². The highest BCUT2D eigenvalue weighted by molar-refractivity contribution is 5.79. The lowest BCUT2D eigenvalue weighted by Gasteiger charge is -2.33. The van der Waals surface area contributed by atoms with Crippen LogP contribution in [0.5, 0.6) is 0 Å². The predicted octanol–water partition coefficient (Wildman–Crippen LogP) is 1.85. The first kappa shape index (κ1) is 16.7. The molecular weight excluding hydrogens is 304 g/mol. The van der Waals surface area contributed by atoms with E-state index in [1.807, 2.05) is 13.0 Å². The summed E-state index contributed by atoms with van der Waals surface area (Å²) in [5.41, 5.74) is 0.566. The fraction of sp³-hybridized carbons (Fsp3) is 0.611. The fourth-order valence-electron chi connectivity index (χ4n) is 3.44. The summed E-state index contributed by atoms with van der Waals surface area (Å²) in [4.78, 5) is 19.0. The van der Waals surface area contributed by atoms with Crippen LogP contribution in [0.15, 0.2) is 18.3 Å². The lowest BCUT2D eigenvalue weighted by Crippen LogP contribution is -2.46. The van der Waals surface area contributed by atoms with Crippen molar-refractivity contribution in [2.45, 2.75) is 44.8 Å². The average molecular weight is 328 g/mol. The number of piperidine rings is 1. The summed E-state index contributed by atoms with van der Waals surface area (Å²) in [7, 11) is 0. The molecule has 2 aliphatic rings. The molecule has 2 atom stereocenters. The Hall–Kier alpha value is -2.13. The van der Waals surface area contributed by atoms with Gasteiger partial charge in [0, 0.05) is 31.8 Å². The molecule has 0 bridgehead atoms. The number of carbonyl (C=O) groups excluding carboxylic acids is 1. The zero-order valence-corrected chi connectivity index (χ0v) is 14.1. The highest BCUT2D eigenvalue weighted by Gasteiger charge is 2.29.